The average molecular weight is 190 g/mol. The second-order valence-corrected chi connectivity index (χ2v) is 3.70. The van der Waals surface area contributed by atoms with Gasteiger partial charge in [0.15, 0.2) is 0 Å². The van der Waals surface area contributed by atoms with Crippen LogP contribution in [0.3, 0.4) is 0 Å². The van der Waals surface area contributed by atoms with Gasteiger partial charge in [-0.1, -0.05) is 15.5 Å². The van der Waals surface area contributed by atoms with E-state index in [1.54, 1.807) is 0 Å². The number of nitriles is 1. The largest absolute Gasteiger partial charge is 0.297 e. The van der Waals surface area contributed by atoms with Crippen LogP contribution in [0.15, 0.2) is 18.2 Å². The van der Waals surface area contributed by atoms with E-state index in [0.717, 1.165) is 18.4 Å². The maximum atomic E-state index is 8.72. The molecule has 2 nitrogen and oxygen atoms in total. The van der Waals surface area contributed by atoms with E-state index < -0.39 is 0 Å². The summed E-state index contributed by atoms with van der Waals surface area (Å²) in [7, 11) is 2.55. The number of hydrogen-bond acceptors (Lipinski definition) is 2. The Morgan fingerprint density at radius 1 is 1.38 bits per heavy atom. The van der Waals surface area contributed by atoms with E-state index >= 15 is 0 Å². The van der Waals surface area contributed by atoms with Crippen molar-refractivity contribution in [2.75, 3.05) is 0 Å². The second-order valence-electron chi connectivity index (χ2n) is 3.37. The minimum atomic E-state index is 0.522. The lowest BCUT2D eigenvalue weighted by atomic mass is 10.1. The quantitative estimate of drug-likeness (QED) is 0.679. The molecule has 1 aliphatic rings. The van der Waals surface area contributed by atoms with Gasteiger partial charge in [0, 0.05) is 6.04 Å². The monoisotopic (exact) mass is 190 g/mol. The van der Waals surface area contributed by atoms with Crippen molar-refractivity contribution in [1.29, 1.82) is 5.26 Å². The Kier molecular flexibility index (Phi) is 2.31. The third-order valence-corrected chi connectivity index (χ3v) is 2.98. The number of nitrogens with zero attached hydrogens (tertiary/aromatic N) is 1. The summed E-state index contributed by atoms with van der Waals surface area (Å²) in [5, 5.41) is 11.9. The predicted molar refractivity (Wildman–Crippen MR) is 55.2 cm³/mol. The van der Waals surface area contributed by atoms with E-state index in [0.29, 0.717) is 6.04 Å². The number of benzene rings is 1. The van der Waals surface area contributed by atoms with Crippen LogP contribution in [0.25, 0.3) is 0 Å². The zero-order valence-electron chi connectivity index (χ0n) is 7.25. The molecule has 0 aromatic heterocycles. The summed E-state index contributed by atoms with van der Waals surface area (Å²) in [5.41, 5.74) is 3.46. The third kappa shape index (κ3) is 1.58. The maximum absolute atomic E-state index is 8.72. The summed E-state index contributed by atoms with van der Waals surface area (Å²) >= 11 is 0. The molecule has 0 spiro atoms. The third-order valence-electron chi connectivity index (χ3n) is 2.50. The smallest absolute Gasteiger partial charge is 0.0991 e. The van der Waals surface area contributed by atoms with Crippen LogP contribution in [0, 0.1) is 11.3 Å². The van der Waals surface area contributed by atoms with Crippen LogP contribution >= 0.6 is 9.39 Å². The van der Waals surface area contributed by atoms with Crippen molar-refractivity contribution in [1.82, 2.24) is 5.09 Å². The van der Waals surface area contributed by atoms with E-state index in [2.05, 4.69) is 26.6 Å². The first-order chi connectivity index (χ1) is 6.33. The predicted octanol–water partition coefficient (Wildman–Crippen LogP) is 1.41. The molecule has 0 radical (unpaired) electrons. The highest BCUT2D eigenvalue weighted by Crippen LogP contribution is 2.23. The highest BCUT2D eigenvalue weighted by atomic mass is 31.0. The van der Waals surface area contributed by atoms with Crippen molar-refractivity contribution in [3.05, 3.63) is 34.9 Å². The molecule has 2 atom stereocenters. The lowest BCUT2D eigenvalue weighted by Gasteiger charge is -2.03. The molecule has 0 saturated heterocycles. The van der Waals surface area contributed by atoms with Crippen LogP contribution in [-0.2, 0) is 12.8 Å². The Bertz CT molecular complexity index is 368. The molecule has 1 aromatic carbocycles. The van der Waals surface area contributed by atoms with Crippen LogP contribution in [0.2, 0.25) is 0 Å². The van der Waals surface area contributed by atoms with Crippen LogP contribution in [-0.4, -0.2) is 6.04 Å². The summed E-state index contributed by atoms with van der Waals surface area (Å²) in [6.45, 7) is 0. The molecular formula is C10H11N2P. The molecule has 3 heteroatoms. The Labute approximate surface area is 80.2 Å². The fourth-order valence-corrected chi connectivity index (χ4v) is 2.04. The van der Waals surface area contributed by atoms with E-state index in [9.17, 15) is 0 Å². The molecule has 1 aromatic rings. The molecule has 0 bridgehead atoms. The van der Waals surface area contributed by atoms with E-state index in [1.165, 1.54) is 11.1 Å². The first-order valence-corrected chi connectivity index (χ1v) is 4.89. The van der Waals surface area contributed by atoms with Gasteiger partial charge in [-0.05, 0) is 36.1 Å². The summed E-state index contributed by atoms with van der Waals surface area (Å²) in [5.74, 6) is 0. The highest BCUT2D eigenvalue weighted by Gasteiger charge is 2.19. The van der Waals surface area contributed by atoms with Crippen LogP contribution in [0.5, 0.6) is 0 Å². The molecule has 1 N–H and O–H groups in total. The Balaban J connectivity index is 2.32. The second kappa shape index (κ2) is 3.46. The van der Waals surface area contributed by atoms with Crippen molar-refractivity contribution in [2.24, 2.45) is 0 Å². The van der Waals surface area contributed by atoms with Gasteiger partial charge in [0.1, 0.15) is 0 Å². The van der Waals surface area contributed by atoms with Gasteiger partial charge in [0.05, 0.1) is 11.6 Å². The number of hydrogen-bond donors (Lipinski definition) is 1. The standard InChI is InChI=1S/C10H11N2P/c11-6-7-1-2-8-4-10(12-13)5-9(8)3-7/h1-3,10,12H,4-5,13H2/t10-/m1/s1. The van der Waals surface area contributed by atoms with Crippen molar-refractivity contribution >= 4 is 9.39 Å². The molecule has 1 aliphatic carbocycles. The molecule has 1 unspecified atom stereocenters. The molecule has 0 heterocycles. The molecule has 2 rings (SSSR count). The number of fused-ring (bicyclic) bond motifs is 1. The maximum Gasteiger partial charge on any atom is 0.0991 e. The van der Waals surface area contributed by atoms with E-state index in [-0.39, 0.29) is 0 Å². The van der Waals surface area contributed by atoms with Crippen LogP contribution in [0.1, 0.15) is 16.7 Å². The summed E-state index contributed by atoms with van der Waals surface area (Å²) in [6.07, 6.45) is 2.11. The lowest BCUT2D eigenvalue weighted by molar-refractivity contribution is 0.672. The van der Waals surface area contributed by atoms with Crippen LogP contribution in [0.4, 0.5) is 0 Å². The molecular weight excluding hydrogens is 179 g/mol. The van der Waals surface area contributed by atoms with Gasteiger partial charge in [0.2, 0.25) is 0 Å². The van der Waals surface area contributed by atoms with Gasteiger partial charge < -0.3 is 0 Å². The van der Waals surface area contributed by atoms with E-state index in [1.807, 2.05) is 12.1 Å². The minimum Gasteiger partial charge on any atom is -0.297 e. The molecule has 0 saturated carbocycles. The molecule has 0 aliphatic heterocycles. The van der Waals surface area contributed by atoms with Gasteiger partial charge in [0.25, 0.3) is 0 Å². The van der Waals surface area contributed by atoms with E-state index in [4.69, 9.17) is 5.26 Å². The van der Waals surface area contributed by atoms with Crippen molar-refractivity contribution in [3.63, 3.8) is 0 Å². The Hall–Kier alpha value is -0.900. The first-order valence-electron chi connectivity index (χ1n) is 4.31. The normalized spacial score (nSPS) is 19.5. The molecule has 0 amide bonds. The number of rotatable bonds is 1. The van der Waals surface area contributed by atoms with Gasteiger partial charge in [-0.2, -0.15) is 5.26 Å². The average Bonchev–Trinajstić information content (AvgIpc) is 2.58. The molecule has 13 heavy (non-hydrogen) atoms. The van der Waals surface area contributed by atoms with Crippen molar-refractivity contribution < 1.29 is 0 Å². The van der Waals surface area contributed by atoms with Crippen molar-refractivity contribution in [3.8, 4) is 6.07 Å². The SMILES string of the molecule is N#Cc1ccc2c(c1)C[C@H](NP)C2. The van der Waals surface area contributed by atoms with Gasteiger partial charge in [-0.15, -0.1) is 0 Å². The fourth-order valence-electron chi connectivity index (χ4n) is 1.81. The molecule has 0 fully saturated rings. The highest BCUT2D eigenvalue weighted by molar-refractivity contribution is 7.13. The Morgan fingerprint density at radius 3 is 2.85 bits per heavy atom. The van der Waals surface area contributed by atoms with Crippen molar-refractivity contribution in [2.45, 2.75) is 18.9 Å². The van der Waals surface area contributed by atoms with Crippen LogP contribution < -0.4 is 5.09 Å². The minimum absolute atomic E-state index is 0.522. The summed E-state index contributed by atoms with van der Waals surface area (Å²) in [4.78, 5) is 0. The lowest BCUT2D eigenvalue weighted by Crippen LogP contribution is -2.19. The Morgan fingerprint density at radius 2 is 2.15 bits per heavy atom. The fraction of sp³-hybridized carbons (Fsp3) is 0.300. The zero-order valence-corrected chi connectivity index (χ0v) is 8.40. The van der Waals surface area contributed by atoms with Gasteiger partial charge in [-0.25, -0.2) is 0 Å². The number of nitrogens with one attached hydrogen (secondary N) is 1. The molecule has 66 valence electrons. The topological polar surface area (TPSA) is 35.8 Å². The van der Waals surface area contributed by atoms with Gasteiger partial charge in [-0.3, -0.25) is 5.09 Å². The summed E-state index contributed by atoms with van der Waals surface area (Å²) < 4.78 is 0. The summed E-state index contributed by atoms with van der Waals surface area (Å²) in [6, 6.07) is 8.64. The van der Waals surface area contributed by atoms with Gasteiger partial charge >= 0.3 is 0 Å². The zero-order chi connectivity index (χ0) is 9.26. The first kappa shape index (κ1) is 8.69.